The summed E-state index contributed by atoms with van der Waals surface area (Å²) in [7, 11) is 1.95. The van der Waals surface area contributed by atoms with E-state index in [-0.39, 0.29) is 0 Å². The highest BCUT2D eigenvalue weighted by Gasteiger charge is 1.89. The van der Waals surface area contributed by atoms with E-state index in [0.29, 0.717) is 5.25 Å². The van der Waals surface area contributed by atoms with Crippen molar-refractivity contribution in [3.05, 3.63) is 0 Å². The average molecular weight is 119 g/mol. The summed E-state index contributed by atoms with van der Waals surface area (Å²) in [6.45, 7) is 3.17. The van der Waals surface area contributed by atoms with Crippen LogP contribution in [0.2, 0.25) is 0 Å². The number of hydrogen-bond donors (Lipinski definition) is 2. The summed E-state index contributed by atoms with van der Waals surface area (Å²) in [6.07, 6.45) is 1.15. The van der Waals surface area contributed by atoms with E-state index in [9.17, 15) is 0 Å². The molecule has 0 saturated heterocycles. The molecule has 0 aromatic rings. The summed E-state index contributed by atoms with van der Waals surface area (Å²) in [6, 6.07) is 0. The minimum absolute atomic E-state index is 0.535. The van der Waals surface area contributed by atoms with Crippen molar-refractivity contribution in [2.75, 3.05) is 13.6 Å². The van der Waals surface area contributed by atoms with Crippen LogP contribution >= 0.6 is 12.6 Å². The monoisotopic (exact) mass is 119 g/mol. The maximum atomic E-state index is 4.19. The smallest absolute Gasteiger partial charge is 0.0000478 e. The van der Waals surface area contributed by atoms with Gasteiger partial charge in [-0.25, -0.2) is 0 Å². The Hall–Kier alpha value is 0.310. The Morgan fingerprint density at radius 1 is 1.71 bits per heavy atom. The van der Waals surface area contributed by atoms with Gasteiger partial charge in [-0.2, -0.15) is 12.6 Å². The fraction of sp³-hybridized carbons (Fsp3) is 1.00. The highest BCUT2D eigenvalue weighted by molar-refractivity contribution is 7.80. The van der Waals surface area contributed by atoms with E-state index in [2.05, 4.69) is 24.9 Å². The molecule has 0 spiro atoms. The van der Waals surface area contributed by atoms with Crippen molar-refractivity contribution in [1.29, 1.82) is 0 Å². The summed E-state index contributed by atoms with van der Waals surface area (Å²) in [5, 5.41) is 3.58. The molecular formula is C5H13NS. The lowest BCUT2D eigenvalue weighted by atomic mass is 10.3. The van der Waals surface area contributed by atoms with E-state index in [1.165, 1.54) is 0 Å². The Balaban J connectivity index is 2.68. The molecule has 0 aromatic carbocycles. The van der Waals surface area contributed by atoms with Crippen LogP contribution in [-0.2, 0) is 0 Å². The normalized spacial score (nSPS) is 14.1. The molecule has 0 aromatic heterocycles. The van der Waals surface area contributed by atoms with Crippen LogP contribution in [0.5, 0.6) is 0 Å². The molecule has 2 heteroatoms. The van der Waals surface area contributed by atoms with Crippen molar-refractivity contribution in [3.63, 3.8) is 0 Å². The fourth-order valence-corrected chi connectivity index (χ4v) is 0.482. The Morgan fingerprint density at radius 3 is 2.43 bits per heavy atom. The van der Waals surface area contributed by atoms with Gasteiger partial charge >= 0.3 is 0 Å². The van der Waals surface area contributed by atoms with Gasteiger partial charge < -0.3 is 5.32 Å². The van der Waals surface area contributed by atoms with Crippen LogP contribution in [0.1, 0.15) is 13.3 Å². The second-order valence-corrected chi connectivity index (χ2v) is 2.62. The highest BCUT2D eigenvalue weighted by atomic mass is 32.1. The molecule has 0 aliphatic heterocycles. The highest BCUT2D eigenvalue weighted by Crippen LogP contribution is 1.95. The first-order valence-electron chi connectivity index (χ1n) is 2.60. The topological polar surface area (TPSA) is 12.0 Å². The van der Waals surface area contributed by atoms with Crippen LogP contribution < -0.4 is 5.32 Å². The largest absolute Gasteiger partial charge is 0.320 e. The summed E-state index contributed by atoms with van der Waals surface area (Å²) < 4.78 is 0. The van der Waals surface area contributed by atoms with Gasteiger partial charge in [0.2, 0.25) is 0 Å². The Labute approximate surface area is 50.9 Å². The minimum Gasteiger partial charge on any atom is -0.320 e. The van der Waals surface area contributed by atoms with Gasteiger partial charge in [0.15, 0.2) is 0 Å². The minimum atomic E-state index is 0.535. The molecule has 0 heterocycles. The standard InChI is InChI=1S/C5H13NS/c1-5(7)3-4-6-2/h5-7H,3-4H2,1-2H3/t5-/m1/s1. The molecule has 0 aliphatic rings. The third-order valence-electron chi connectivity index (χ3n) is 0.812. The van der Waals surface area contributed by atoms with Crippen molar-refractivity contribution < 1.29 is 0 Å². The van der Waals surface area contributed by atoms with E-state index in [4.69, 9.17) is 0 Å². The first kappa shape index (κ1) is 7.31. The van der Waals surface area contributed by atoms with Crippen LogP contribution in [0.15, 0.2) is 0 Å². The van der Waals surface area contributed by atoms with Crippen LogP contribution in [0, 0.1) is 0 Å². The van der Waals surface area contributed by atoms with Crippen LogP contribution in [-0.4, -0.2) is 18.8 Å². The first-order chi connectivity index (χ1) is 3.27. The summed E-state index contributed by atoms with van der Waals surface area (Å²) in [4.78, 5) is 0. The second kappa shape index (κ2) is 4.47. The first-order valence-corrected chi connectivity index (χ1v) is 3.11. The van der Waals surface area contributed by atoms with E-state index < -0.39 is 0 Å². The van der Waals surface area contributed by atoms with Gasteiger partial charge in [-0.1, -0.05) is 6.92 Å². The van der Waals surface area contributed by atoms with Crippen LogP contribution in [0.25, 0.3) is 0 Å². The molecule has 0 unspecified atom stereocenters. The molecule has 0 bridgehead atoms. The zero-order valence-electron chi connectivity index (χ0n) is 4.94. The van der Waals surface area contributed by atoms with Crippen LogP contribution in [0.3, 0.4) is 0 Å². The Bertz CT molecular complexity index is 37.1. The Morgan fingerprint density at radius 2 is 2.29 bits per heavy atom. The predicted molar refractivity (Wildman–Crippen MR) is 37.0 cm³/mol. The molecule has 1 N–H and O–H groups in total. The Kier molecular flexibility index (Phi) is 4.67. The maximum absolute atomic E-state index is 4.19. The number of hydrogen-bond acceptors (Lipinski definition) is 2. The SMILES string of the molecule is CNCC[C@@H](C)S. The number of rotatable bonds is 3. The van der Waals surface area contributed by atoms with Gasteiger partial charge in [-0.3, -0.25) is 0 Å². The lowest BCUT2D eigenvalue weighted by Crippen LogP contribution is -2.10. The second-order valence-electron chi connectivity index (χ2n) is 1.74. The summed E-state index contributed by atoms with van der Waals surface area (Å²) in [5.74, 6) is 0. The van der Waals surface area contributed by atoms with E-state index in [1.807, 2.05) is 7.05 Å². The van der Waals surface area contributed by atoms with Gasteiger partial charge in [0.05, 0.1) is 0 Å². The third-order valence-corrected chi connectivity index (χ3v) is 1.07. The molecular weight excluding hydrogens is 106 g/mol. The van der Waals surface area contributed by atoms with Gasteiger partial charge in [0, 0.05) is 5.25 Å². The lowest BCUT2D eigenvalue weighted by Gasteiger charge is -1.99. The van der Waals surface area contributed by atoms with Gasteiger partial charge in [0.1, 0.15) is 0 Å². The van der Waals surface area contributed by atoms with Crippen molar-refractivity contribution in [1.82, 2.24) is 5.32 Å². The number of nitrogens with one attached hydrogen (secondary N) is 1. The molecule has 7 heavy (non-hydrogen) atoms. The zero-order chi connectivity index (χ0) is 5.70. The molecule has 0 aliphatic carbocycles. The number of thiol groups is 1. The fourth-order valence-electron chi connectivity index (χ4n) is 0.353. The van der Waals surface area contributed by atoms with E-state index >= 15 is 0 Å². The quantitative estimate of drug-likeness (QED) is 0.526. The zero-order valence-corrected chi connectivity index (χ0v) is 5.83. The van der Waals surface area contributed by atoms with E-state index in [1.54, 1.807) is 0 Å². The van der Waals surface area contributed by atoms with Gasteiger partial charge in [0.25, 0.3) is 0 Å². The van der Waals surface area contributed by atoms with Crippen molar-refractivity contribution in [2.24, 2.45) is 0 Å². The average Bonchev–Trinajstić information content (AvgIpc) is 1.61. The van der Waals surface area contributed by atoms with Crippen molar-refractivity contribution in [3.8, 4) is 0 Å². The van der Waals surface area contributed by atoms with Gasteiger partial charge in [-0.05, 0) is 20.0 Å². The molecule has 0 saturated carbocycles. The molecule has 0 radical (unpaired) electrons. The summed E-state index contributed by atoms with van der Waals surface area (Å²) >= 11 is 4.19. The maximum Gasteiger partial charge on any atom is 0.0000478 e. The molecule has 1 atom stereocenters. The van der Waals surface area contributed by atoms with E-state index in [0.717, 1.165) is 13.0 Å². The summed E-state index contributed by atoms with van der Waals surface area (Å²) in [5.41, 5.74) is 0. The molecule has 0 rings (SSSR count). The van der Waals surface area contributed by atoms with Crippen molar-refractivity contribution >= 4 is 12.6 Å². The van der Waals surface area contributed by atoms with Gasteiger partial charge in [-0.15, -0.1) is 0 Å². The third kappa shape index (κ3) is 6.31. The lowest BCUT2D eigenvalue weighted by molar-refractivity contribution is 0.723. The molecule has 44 valence electrons. The predicted octanol–water partition coefficient (Wildman–Crippen LogP) is 0.914. The van der Waals surface area contributed by atoms with Crippen LogP contribution in [0.4, 0.5) is 0 Å². The molecule has 0 amide bonds. The molecule has 1 nitrogen and oxygen atoms in total. The van der Waals surface area contributed by atoms with Crippen molar-refractivity contribution in [2.45, 2.75) is 18.6 Å². The molecule has 0 fully saturated rings.